The lowest BCUT2D eigenvalue weighted by atomic mass is 9.98. The fourth-order valence-corrected chi connectivity index (χ4v) is 1.89. The number of carboxylic acid groups (broad SMARTS) is 1. The number of hydrogen-bond donors (Lipinski definition) is 1. The van der Waals surface area contributed by atoms with Crippen molar-refractivity contribution in [3.63, 3.8) is 0 Å². The van der Waals surface area contributed by atoms with Crippen molar-refractivity contribution in [1.82, 2.24) is 0 Å². The Hall–Kier alpha value is -2.29. The summed E-state index contributed by atoms with van der Waals surface area (Å²) in [7, 11) is 1.63. The average Bonchev–Trinajstić information content (AvgIpc) is 2.38. The summed E-state index contributed by atoms with van der Waals surface area (Å²) in [4.78, 5) is 10.9. The normalized spacial score (nSPS) is 10.1. The van der Waals surface area contributed by atoms with E-state index < -0.39 is 5.97 Å². The van der Waals surface area contributed by atoms with E-state index in [2.05, 4.69) is 0 Å². The van der Waals surface area contributed by atoms with Crippen LogP contribution in [0.4, 0.5) is 0 Å². The summed E-state index contributed by atoms with van der Waals surface area (Å²) >= 11 is 0. The number of hydrogen-bond acceptors (Lipinski definition) is 2. The molecule has 2 aromatic rings. The van der Waals surface area contributed by atoms with E-state index in [0.29, 0.717) is 5.56 Å². The Balaban J connectivity index is 2.41. The molecule has 3 nitrogen and oxygen atoms in total. The largest absolute Gasteiger partial charge is 0.497 e. The Kier molecular flexibility index (Phi) is 3.33. The Morgan fingerprint density at radius 1 is 1.11 bits per heavy atom. The van der Waals surface area contributed by atoms with Gasteiger partial charge in [-0.25, -0.2) is 4.79 Å². The van der Waals surface area contributed by atoms with Gasteiger partial charge in [0.1, 0.15) is 5.75 Å². The molecule has 2 aromatic carbocycles. The van der Waals surface area contributed by atoms with Crippen LogP contribution < -0.4 is 4.74 Å². The maximum Gasteiger partial charge on any atom is 0.335 e. The van der Waals surface area contributed by atoms with Crippen molar-refractivity contribution >= 4 is 5.97 Å². The van der Waals surface area contributed by atoms with Crippen LogP contribution in [0.3, 0.4) is 0 Å². The first kappa shape index (κ1) is 12.2. The monoisotopic (exact) mass is 242 g/mol. The van der Waals surface area contributed by atoms with Gasteiger partial charge in [-0.1, -0.05) is 18.2 Å². The van der Waals surface area contributed by atoms with Gasteiger partial charge in [-0.05, 0) is 47.9 Å². The van der Waals surface area contributed by atoms with Crippen LogP contribution in [-0.4, -0.2) is 18.2 Å². The third kappa shape index (κ3) is 2.35. The van der Waals surface area contributed by atoms with Gasteiger partial charge in [0.05, 0.1) is 12.7 Å². The van der Waals surface area contributed by atoms with Crippen molar-refractivity contribution in [2.45, 2.75) is 6.92 Å². The molecule has 0 aromatic heterocycles. The van der Waals surface area contributed by atoms with E-state index in [4.69, 9.17) is 9.84 Å². The number of carbonyl (C=O) groups is 1. The Labute approximate surface area is 106 Å². The fraction of sp³-hybridized carbons (Fsp3) is 0.133. The molecular formula is C15H14O3. The van der Waals surface area contributed by atoms with E-state index in [1.807, 2.05) is 37.3 Å². The Morgan fingerprint density at radius 3 is 2.28 bits per heavy atom. The van der Waals surface area contributed by atoms with Gasteiger partial charge in [-0.3, -0.25) is 0 Å². The number of aryl methyl sites for hydroxylation is 1. The average molecular weight is 242 g/mol. The van der Waals surface area contributed by atoms with Crippen molar-refractivity contribution in [1.29, 1.82) is 0 Å². The highest BCUT2D eigenvalue weighted by Gasteiger charge is 2.07. The van der Waals surface area contributed by atoms with Crippen molar-refractivity contribution in [3.8, 4) is 16.9 Å². The Bertz CT molecular complexity index is 571. The van der Waals surface area contributed by atoms with Gasteiger partial charge in [0.2, 0.25) is 0 Å². The van der Waals surface area contributed by atoms with Crippen LogP contribution in [0.15, 0.2) is 42.5 Å². The molecule has 1 N–H and O–H groups in total. The highest BCUT2D eigenvalue weighted by Crippen LogP contribution is 2.26. The summed E-state index contributed by atoms with van der Waals surface area (Å²) in [5.41, 5.74) is 3.33. The van der Waals surface area contributed by atoms with Gasteiger partial charge in [-0.15, -0.1) is 0 Å². The molecule has 92 valence electrons. The third-order valence-corrected chi connectivity index (χ3v) is 2.87. The van der Waals surface area contributed by atoms with Gasteiger partial charge in [0, 0.05) is 0 Å². The SMILES string of the molecule is COc1ccc(-c2ccc(C(=O)O)cc2C)cc1. The third-order valence-electron chi connectivity index (χ3n) is 2.87. The van der Waals surface area contributed by atoms with E-state index in [1.165, 1.54) is 0 Å². The minimum Gasteiger partial charge on any atom is -0.497 e. The molecule has 0 spiro atoms. The Morgan fingerprint density at radius 2 is 1.78 bits per heavy atom. The van der Waals surface area contributed by atoms with Crippen molar-refractivity contribution in [3.05, 3.63) is 53.6 Å². The lowest BCUT2D eigenvalue weighted by Crippen LogP contribution is -1.97. The first-order valence-corrected chi connectivity index (χ1v) is 5.60. The zero-order valence-electron chi connectivity index (χ0n) is 10.3. The molecule has 0 fully saturated rings. The van der Waals surface area contributed by atoms with Crippen LogP contribution in [0.2, 0.25) is 0 Å². The second kappa shape index (κ2) is 4.92. The van der Waals surface area contributed by atoms with Crippen molar-refractivity contribution in [2.24, 2.45) is 0 Å². The second-order valence-electron chi connectivity index (χ2n) is 4.06. The molecular weight excluding hydrogens is 228 g/mol. The molecule has 0 aliphatic rings. The predicted octanol–water partition coefficient (Wildman–Crippen LogP) is 3.37. The number of aromatic carboxylic acids is 1. The zero-order chi connectivity index (χ0) is 13.1. The topological polar surface area (TPSA) is 46.5 Å². The van der Waals surface area contributed by atoms with E-state index in [-0.39, 0.29) is 0 Å². The molecule has 0 amide bonds. The van der Waals surface area contributed by atoms with Crippen molar-refractivity contribution < 1.29 is 14.6 Å². The second-order valence-corrected chi connectivity index (χ2v) is 4.06. The fourth-order valence-electron chi connectivity index (χ4n) is 1.89. The quantitative estimate of drug-likeness (QED) is 0.897. The molecule has 0 saturated heterocycles. The number of rotatable bonds is 3. The van der Waals surface area contributed by atoms with E-state index in [0.717, 1.165) is 22.4 Å². The lowest BCUT2D eigenvalue weighted by Gasteiger charge is -2.08. The zero-order valence-corrected chi connectivity index (χ0v) is 10.3. The number of ether oxygens (including phenoxy) is 1. The maximum atomic E-state index is 10.9. The maximum absolute atomic E-state index is 10.9. The lowest BCUT2D eigenvalue weighted by molar-refractivity contribution is 0.0697. The van der Waals surface area contributed by atoms with Crippen LogP contribution in [0, 0.1) is 6.92 Å². The van der Waals surface area contributed by atoms with Gasteiger partial charge >= 0.3 is 5.97 Å². The molecule has 0 saturated carbocycles. The van der Waals surface area contributed by atoms with Crippen LogP contribution >= 0.6 is 0 Å². The molecule has 0 aliphatic heterocycles. The van der Waals surface area contributed by atoms with Crippen molar-refractivity contribution in [2.75, 3.05) is 7.11 Å². The molecule has 3 heteroatoms. The molecule has 18 heavy (non-hydrogen) atoms. The van der Waals surface area contributed by atoms with Gasteiger partial charge < -0.3 is 9.84 Å². The smallest absolute Gasteiger partial charge is 0.335 e. The molecule has 0 unspecified atom stereocenters. The summed E-state index contributed by atoms with van der Waals surface area (Å²) in [6.07, 6.45) is 0. The first-order chi connectivity index (χ1) is 8.61. The van der Waals surface area contributed by atoms with Crippen LogP contribution in [-0.2, 0) is 0 Å². The van der Waals surface area contributed by atoms with Gasteiger partial charge in [0.15, 0.2) is 0 Å². The number of carboxylic acids is 1. The molecule has 0 aliphatic carbocycles. The van der Waals surface area contributed by atoms with Crippen LogP contribution in [0.1, 0.15) is 15.9 Å². The van der Waals surface area contributed by atoms with Gasteiger partial charge in [-0.2, -0.15) is 0 Å². The summed E-state index contributed by atoms with van der Waals surface area (Å²) in [5.74, 6) is -0.0991. The number of methoxy groups -OCH3 is 1. The molecule has 0 atom stereocenters. The minimum atomic E-state index is -0.903. The van der Waals surface area contributed by atoms with E-state index in [9.17, 15) is 4.79 Å². The van der Waals surface area contributed by atoms with Crippen LogP contribution in [0.25, 0.3) is 11.1 Å². The van der Waals surface area contributed by atoms with E-state index in [1.54, 1.807) is 19.2 Å². The number of benzene rings is 2. The molecule has 2 rings (SSSR count). The van der Waals surface area contributed by atoms with Gasteiger partial charge in [0.25, 0.3) is 0 Å². The summed E-state index contributed by atoms with van der Waals surface area (Å²) in [5, 5.41) is 8.92. The highest BCUT2D eigenvalue weighted by atomic mass is 16.5. The summed E-state index contributed by atoms with van der Waals surface area (Å²) in [6.45, 7) is 1.91. The predicted molar refractivity (Wildman–Crippen MR) is 70.1 cm³/mol. The molecule has 0 radical (unpaired) electrons. The molecule has 0 heterocycles. The highest BCUT2D eigenvalue weighted by molar-refractivity contribution is 5.89. The van der Waals surface area contributed by atoms with E-state index >= 15 is 0 Å². The standard InChI is InChI=1S/C15H14O3/c1-10-9-12(15(16)17)5-8-14(10)11-3-6-13(18-2)7-4-11/h3-9H,1-2H3,(H,16,17). The summed E-state index contributed by atoms with van der Waals surface area (Å²) < 4.78 is 5.11. The first-order valence-electron chi connectivity index (χ1n) is 5.60. The summed E-state index contributed by atoms with van der Waals surface area (Å²) in [6, 6.07) is 12.8. The van der Waals surface area contributed by atoms with Crippen LogP contribution in [0.5, 0.6) is 5.75 Å². The minimum absolute atomic E-state index is 0.310. The molecule has 0 bridgehead atoms.